The van der Waals surface area contributed by atoms with E-state index in [1.54, 1.807) is 32.0 Å². The molecule has 1 heterocycles. The Morgan fingerprint density at radius 1 is 1.14 bits per heavy atom. The first-order valence-electron chi connectivity index (χ1n) is 6.31. The summed E-state index contributed by atoms with van der Waals surface area (Å²) in [5, 5.41) is 2.66. The molecule has 0 aliphatic heterocycles. The monoisotopic (exact) mass is 285 g/mol. The van der Waals surface area contributed by atoms with Crippen molar-refractivity contribution in [3.8, 4) is 0 Å². The molecule has 1 N–H and O–H groups in total. The number of nitrogens with one attached hydrogen (secondary N) is 1. The average Bonchev–Trinajstić information content (AvgIpc) is 2.47. The normalized spacial score (nSPS) is 10.0. The molecule has 0 aliphatic carbocycles. The fourth-order valence-electron chi connectivity index (χ4n) is 1.84. The third-order valence-corrected chi connectivity index (χ3v) is 2.92. The van der Waals surface area contributed by atoms with Crippen molar-refractivity contribution in [2.45, 2.75) is 13.8 Å². The number of esters is 1. The smallest absolute Gasteiger partial charge is 0.340 e. The molecular formula is C15H15N3O3. The van der Waals surface area contributed by atoms with E-state index < -0.39 is 11.9 Å². The zero-order chi connectivity index (χ0) is 15.4. The Kier molecular flexibility index (Phi) is 4.27. The van der Waals surface area contributed by atoms with E-state index in [9.17, 15) is 9.59 Å². The predicted molar refractivity (Wildman–Crippen MR) is 77.2 cm³/mol. The van der Waals surface area contributed by atoms with Gasteiger partial charge >= 0.3 is 5.97 Å². The standard InChI is InChI=1S/C15H15N3O3/c1-9-5-4-6-11(13(9)15(20)21-3)18-14(19)12-8-16-10(2)7-17-12/h4-8H,1-3H3,(H,18,19). The fraction of sp³-hybridized carbons (Fsp3) is 0.200. The van der Waals surface area contributed by atoms with Gasteiger partial charge in [0.25, 0.3) is 5.91 Å². The summed E-state index contributed by atoms with van der Waals surface area (Å²) in [4.78, 5) is 32.0. The van der Waals surface area contributed by atoms with Gasteiger partial charge in [-0.25, -0.2) is 9.78 Å². The zero-order valence-electron chi connectivity index (χ0n) is 12.0. The minimum absolute atomic E-state index is 0.179. The minimum Gasteiger partial charge on any atom is -0.465 e. The van der Waals surface area contributed by atoms with E-state index in [4.69, 9.17) is 4.74 Å². The summed E-state index contributed by atoms with van der Waals surface area (Å²) in [5.41, 5.74) is 2.33. The quantitative estimate of drug-likeness (QED) is 0.874. The maximum atomic E-state index is 12.1. The van der Waals surface area contributed by atoms with E-state index in [1.165, 1.54) is 19.5 Å². The number of amides is 1. The summed E-state index contributed by atoms with van der Waals surface area (Å²) in [6, 6.07) is 5.16. The van der Waals surface area contributed by atoms with E-state index >= 15 is 0 Å². The third kappa shape index (κ3) is 3.22. The van der Waals surface area contributed by atoms with Crippen molar-refractivity contribution in [1.82, 2.24) is 9.97 Å². The second-order valence-electron chi connectivity index (χ2n) is 4.49. The van der Waals surface area contributed by atoms with Crippen LogP contribution < -0.4 is 5.32 Å². The predicted octanol–water partition coefficient (Wildman–Crippen LogP) is 2.13. The van der Waals surface area contributed by atoms with Crippen LogP contribution in [0.15, 0.2) is 30.6 Å². The molecule has 0 radical (unpaired) electrons. The van der Waals surface area contributed by atoms with E-state index in [0.29, 0.717) is 11.3 Å². The molecule has 0 bridgehead atoms. The summed E-state index contributed by atoms with van der Waals surface area (Å²) >= 11 is 0. The Hall–Kier alpha value is -2.76. The number of methoxy groups -OCH3 is 1. The first kappa shape index (κ1) is 14.6. The van der Waals surface area contributed by atoms with Crippen molar-refractivity contribution in [2.75, 3.05) is 12.4 Å². The summed E-state index contributed by atoms with van der Waals surface area (Å²) < 4.78 is 4.74. The van der Waals surface area contributed by atoms with Crippen LogP contribution in [0, 0.1) is 13.8 Å². The molecule has 1 aromatic carbocycles. The van der Waals surface area contributed by atoms with Crippen molar-refractivity contribution in [1.29, 1.82) is 0 Å². The molecule has 0 saturated heterocycles. The highest BCUT2D eigenvalue weighted by molar-refractivity contribution is 6.07. The Bertz CT molecular complexity index is 681. The van der Waals surface area contributed by atoms with Crippen LogP contribution in [0.2, 0.25) is 0 Å². The molecule has 2 aromatic rings. The van der Waals surface area contributed by atoms with Crippen molar-refractivity contribution < 1.29 is 14.3 Å². The van der Waals surface area contributed by atoms with Gasteiger partial charge in [-0.15, -0.1) is 0 Å². The number of aryl methyl sites for hydroxylation is 2. The molecule has 0 unspecified atom stereocenters. The first-order chi connectivity index (χ1) is 10.0. The van der Waals surface area contributed by atoms with Gasteiger partial charge in [0.1, 0.15) is 5.69 Å². The molecule has 0 atom stereocenters. The van der Waals surface area contributed by atoms with Crippen LogP contribution in [0.3, 0.4) is 0 Å². The van der Waals surface area contributed by atoms with Gasteiger partial charge in [0.2, 0.25) is 0 Å². The van der Waals surface area contributed by atoms with Gasteiger partial charge in [0.05, 0.1) is 30.3 Å². The van der Waals surface area contributed by atoms with Crippen LogP contribution in [0.4, 0.5) is 5.69 Å². The molecule has 0 spiro atoms. The lowest BCUT2D eigenvalue weighted by molar-refractivity contribution is 0.0601. The highest BCUT2D eigenvalue weighted by Gasteiger charge is 2.17. The molecular weight excluding hydrogens is 270 g/mol. The van der Waals surface area contributed by atoms with Crippen LogP contribution >= 0.6 is 0 Å². The van der Waals surface area contributed by atoms with Crippen molar-refractivity contribution >= 4 is 17.6 Å². The summed E-state index contributed by atoms with van der Waals surface area (Å²) in [6.07, 6.45) is 2.89. The number of aromatic nitrogens is 2. The molecule has 0 aliphatic rings. The van der Waals surface area contributed by atoms with Gasteiger partial charge in [0.15, 0.2) is 0 Å². The van der Waals surface area contributed by atoms with Crippen molar-refractivity contribution in [2.24, 2.45) is 0 Å². The number of hydrogen-bond acceptors (Lipinski definition) is 5. The number of carbonyl (C=O) groups excluding carboxylic acids is 2. The van der Waals surface area contributed by atoms with Gasteiger partial charge in [-0.05, 0) is 25.5 Å². The maximum absolute atomic E-state index is 12.1. The largest absolute Gasteiger partial charge is 0.465 e. The molecule has 1 aromatic heterocycles. The molecule has 0 fully saturated rings. The number of ether oxygens (including phenoxy) is 1. The molecule has 6 heteroatoms. The fourth-order valence-corrected chi connectivity index (χ4v) is 1.84. The van der Waals surface area contributed by atoms with Crippen molar-refractivity contribution in [3.63, 3.8) is 0 Å². The van der Waals surface area contributed by atoms with E-state index in [-0.39, 0.29) is 5.69 Å². The highest BCUT2D eigenvalue weighted by atomic mass is 16.5. The van der Waals surface area contributed by atoms with E-state index in [0.717, 1.165) is 11.3 Å². The molecule has 2 rings (SSSR count). The lowest BCUT2D eigenvalue weighted by atomic mass is 10.1. The Morgan fingerprint density at radius 2 is 1.90 bits per heavy atom. The van der Waals surface area contributed by atoms with E-state index in [2.05, 4.69) is 15.3 Å². The van der Waals surface area contributed by atoms with Crippen LogP contribution in [0.5, 0.6) is 0 Å². The number of hydrogen-bond donors (Lipinski definition) is 1. The van der Waals surface area contributed by atoms with Gasteiger partial charge in [-0.2, -0.15) is 0 Å². The lowest BCUT2D eigenvalue weighted by Crippen LogP contribution is -2.17. The van der Waals surface area contributed by atoms with Gasteiger partial charge < -0.3 is 10.1 Å². The Morgan fingerprint density at radius 3 is 2.52 bits per heavy atom. The van der Waals surface area contributed by atoms with Crippen LogP contribution in [0.1, 0.15) is 32.1 Å². The Balaban J connectivity index is 2.31. The van der Waals surface area contributed by atoms with Gasteiger partial charge in [0, 0.05) is 6.20 Å². The van der Waals surface area contributed by atoms with Crippen LogP contribution in [-0.4, -0.2) is 29.0 Å². The second kappa shape index (κ2) is 6.13. The number of benzene rings is 1. The second-order valence-corrected chi connectivity index (χ2v) is 4.49. The average molecular weight is 285 g/mol. The lowest BCUT2D eigenvalue weighted by Gasteiger charge is -2.11. The minimum atomic E-state index is -0.501. The summed E-state index contributed by atoms with van der Waals surface area (Å²) in [6.45, 7) is 3.55. The van der Waals surface area contributed by atoms with Crippen molar-refractivity contribution in [3.05, 3.63) is 53.1 Å². The molecule has 21 heavy (non-hydrogen) atoms. The highest BCUT2D eigenvalue weighted by Crippen LogP contribution is 2.21. The Labute approximate surface area is 122 Å². The van der Waals surface area contributed by atoms with E-state index in [1.807, 2.05) is 0 Å². The molecule has 6 nitrogen and oxygen atoms in total. The topological polar surface area (TPSA) is 81.2 Å². The number of nitrogens with zero attached hydrogens (tertiary/aromatic N) is 2. The maximum Gasteiger partial charge on any atom is 0.340 e. The number of anilines is 1. The van der Waals surface area contributed by atoms with Gasteiger partial charge in [-0.1, -0.05) is 12.1 Å². The number of rotatable bonds is 3. The number of carbonyl (C=O) groups is 2. The zero-order valence-corrected chi connectivity index (χ0v) is 12.0. The van der Waals surface area contributed by atoms with Gasteiger partial charge in [-0.3, -0.25) is 9.78 Å². The molecule has 108 valence electrons. The summed E-state index contributed by atoms with van der Waals surface area (Å²) in [7, 11) is 1.30. The van der Waals surface area contributed by atoms with Crippen LogP contribution in [0.25, 0.3) is 0 Å². The first-order valence-corrected chi connectivity index (χ1v) is 6.31. The summed E-state index contributed by atoms with van der Waals surface area (Å²) in [5.74, 6) is -0.934. The third-order valence-electron chi connectivity index (χ3n) is 2.92. The van der Waals surface area contributed by atoms with Crippen LogP contribution in [-0.2, 0) is 4.74 Å². The molecule has 1 amide bonds. The SMILES string of the molecule is COC(=O)c1c(C)cccc1NC(=O)c1cnc(C)cn1. The molecule has 0 saturated carbocycles.